The maximum atomic E-state index is 13.0. The predicted molar refractivity (Wildman–Crippen MR) is 281 cm³/mol. The number of carbonyl (C=O) groups excluding carboxylic acids is 1. The first-order valence-corrected chi connectivity index (χ1v) is 23.8. The Bertz CT molecular complexity index is 3820. The fourth-order valence-corrected chi connectivity index (χ4v) is 12.2. The van der Waals surface area contributed by atoms with Crippen molar-refractivity contribution in [2.45, 2.75) is 61.3 Å². The summed E-state index contributed by atoms with van der Waals surface area (Å²) in [4.78, 5) is 13.0. The molecule has 322 valence electrons. The molecule has 0 saturated heterocycles. The van der Waals surface area contributed by atoms with Crippen LogP contribution in [0.4, 0.5) is 0 Å². The van der Waals surface area contributed by atoms with Crippen molar-refractivity contribution in [2.24, 2.45) is 0 Å². The van der Waals surface area contributed by atoms with Crippen LogP contribution in [0.25, 0.3) is 70.2 Å². The molecule has 67 heavy (non-hydrogen) atoms. The number of hydrogen-bond donors (Lipinski definition) is 0. The van der Waals surface area contributed by atoms with Crippen LogP contribution < -0.4 is 0 Å². The van der Waals surface area contributed by atoms with Gasteiger partial charge < -0.3 is 13.7 Å². The lowest BCUT2D eigenvalue weighted by Crippen LogP contribution is -2.57. The number of benzene rings is 9. The topological polar surface area (TPSA) is 34.2 Å². The summed E-state index contributed by atoms with van der Waals surface area (Å²) in [5.74, 6) is 15.7. The molecule has 2 aliphatic heterocycles. The van der Waals surface area contributed by atoms with E-state index in [-0.39, 0.29) is 5.97 Å². The van der Waals surface area contributed by atoms with Gasteiger partial charge >= 0.3 is 12.4 Å². The molecule has 0 aliphatic carbocycles. The van der Waals surface area contributed by atoms with Crippen molar-refractivity contribution in [3.05, 3.63) is 195 Å². The standard InChI is InChI=1S/C62H49BN2O2/c1-8-51-37(4)60-59(49-25-27-50(28-26-49)62(66)67-10-3)61-38(5)52(9-2)40(7)65(61)63(64(60)39(51)6,35-33-41-17-19-47-23-21-43-13-11-15-45-29-31-53(41)57(47)55(43)45)36-34-42-18-20-48-24-22-44-14-12-16-46-30-32-54(42)58(48)56(44)46/h11-32H,8-10H2,1-7H3. The molecule has 9 aromatic carbocycles. The van der Waals surface area contributed by atoms with Crippen LogP contribution in [0.5, 0.6) is 0 Å². The fourth-order valence-electron chi connectivity index (χ4n) is 12.2. The summed E-state index contributed by atoms with van der Waals surface area (Å²) in [6.45, 7) is 15.7. The molecule has 0 radical (unpaired) electrons. The van der Waals surface area contributed by atoms with E-state index in [1.165, 1.54) is 87.5 Å². The number of nitrogens with zero attached hydrogens (tertiary/aromatic N) is 2. The Morgan fingerprint density at radius 3 is 1.58 bits per heavy atom. The van der Waals surface area contributed by atoms with Crippen LogP contribution in [0, 0.1) is 37.3 Å². The Labute approximate surface area is 391 Å². The summed E-state index contributed by atoms with van der Waals surface area (Å²) < 4.78 is 10.5. The Morgan fingerprint density at radius 1 is 0.597 bits per heavy atom. The maximum absolute atomic E-state index is 13.0. The smallest absolute Gasteiger partial charge is 0.462 e. The highest BCUT2D eigenvalue weighted by atomic mass is 16.5. The average molecular weight is 865 g/mol. The number of allylic oxidation sites excluding steroid dienone is 2. The summed E-state index contributed by atoms with van der Waals surface area (Å²) in [6.07, 6.45) is -0.537. The van der Waals surface area contributed by atoms with E-state index >= 15 is 0 Å². The Hall–Kier alpha value is -7.86. The van der Waals surface area contributed by atoms with Crippen molar-refractivity contribution in [3.8, 4) is 23.5 Å². The summed E-state index contributed by atoms with van der Waals surface area (Å²) in [6, 6.07) is 47.9. The van der Waals surface area contributed by atoms with Gasteiger partial charge in [0.25, 0.3) is 0 Å². The monoisotopic (exact) mass is 864 g/mol. The molecular weight excluding hydrogens is 816 g/mol. The van der Waals surface area contributed by atoms with Crippen LogP contribution >= 0.6 is 0 Å². The first-order valence-electron chi connectivity index (χ1n) is 23.8. The molecule has 1 aromatic heterocycles. The molecule has 12 rings (SSSR count). The van der Waals surface area contributed by atoms with E-state index < -0.39 is 6.42 Å². The van der Waals surface area contributed by atoms with E-state index in [1.54, 1.807) is 0 Å². The molecule has 4 nitrogen and oxygen atoms in total. The second kappa shape index (κ2) is 15.1. The maximum Gasteiger partial charge on any atom is 0.520 e. The van der Waals surface area contributed by atoms with Crippen LogP contribution in [0.15, 0.2) is 150 Å². The van der Waals surface area contributed by atoms with Crippen LogP contribution in [0.3, 0.4) is 0 Å². The third kappa shape index (κ3) is 5.71. The van der Waals surface area contributed by atoms with E-state index in [2.05, 4.69) is 195 Å². The van der Waals surface area contributed by atoms with Gasteiger partial charge in [-0.1, -0.05) is 123 Å². The zero-order chi connectivity index (χ0) is 45.9. The Morgan fingerprint density at radius 2 is 1.09 bits per heavy atom. The van der Waals surface area contributed by atoms with Crippen molar-refractivity contribution in [3.63, 3.8) is 0 Å². The largest absolute Gasteiger partial charge is 0.520 e. The van der Waals surface area contributed by atoms with Crippen molar-refractivity contribution in [1.29, 1.82) is 0 Å². The van der Waals surface area contributed by atoms with Crippen molar-refractivity contribution < 1.29 is 14.0 Å². The molecule has 0 bridgehead atoms. The number of fused-ring (bicyclic) bond motifs is 2. The molecule has 0 unspecified atom stereocenters. The van der Waals surface area contributed by atoms with Gasteiger partial charge in [-0.3, -0.25) is 0 Å². The summed E-state index contributed by atoms with van der Waals surface area (Å²) in [5, 5.41) is 14.7. The Kier molecular flexibility index (Phi) is 9.16. The van der Waals surface area contributed by atoms with Crippen LogP contribution in [-0.2, 0) is 11.2 Å². The second-order valence-corrected chi connectivity index (χ2v) is 18.4. The number of carbonyl (C=O) groups is 1. The van der Waals surface area contributed by atoms with Crippen molar-refractivity contribution in [2.75, 3.05) is 6.61 Å². The zero-order valence-corrected chi connectivity index (χ0v) is 39.1. The van der Waals surface area contributed by atoms with E-state index in [4.69, 9.17) is 4.74 Å². The van der Waals surface area contributed by atoms with Crippen LogP contribution in [0.1, 0.15) is 90.6 Å². The molecule has 0 atom stereocenters. The molecule has 5 heteroatoms. The Balaban J connectivity index is 1.20. The van der Waals surface area contributed by atoms with Gasteiger partial charge in [0.1, 0.15) is 5.71 Å². The van der Waals surface area contributed by atoms with Gasteiger partial charge in [0.2, 0.25) is 0 Å². The number of ether oxygens (including phenoxy) is 1. The van der Waals surface area contributed by atoms with E-state index in [9.17, 15) is 4.79 Å². The molecular formula is C62H49BN2O2. The van der Waals surface area contributed by atoms with Gasteiger partial charge in [-0.25, -0.2) is 4.79 Å². The minimum Gasteiger partial charge on any atom is -0.462 e. The molecule has 0 N–H and O–H groups in total. The second-order valence-electron chi connectivity index (χ2n) is 18.4. The van der Waals surface area contributed by atoms with Gasteiger partial charge in [-0.15, -0.1) is 11.8 Å². The quantitative estimate of drug-likeness (QED) is 0.0748. The number of rotatable bonds is 5. The SMILES string of the molecule is CCOC(=O)c1ccc(C2=C3C(C)=C(CC)C(C)=[N+]3[B-](C#Cc3ccc4ccc5cccc6ccc3c4c56)(C#Cc3ccc4ccc5cccc6ccc3c4c56)n3c(C)c(CC)c(C)c32)cc1. The summed E-state index contributed by atoms with van der Waals surface area (Å²) >= 11 is 0. The van der Waals surface area contributed by atoms with Crippen LogP contribution in [0.2, 0.25) is 0 Å². The molecule has 0 spiro atoms. The molecule has 0 amide bonds. The number of aromatic nitrogens is 1. The lowest BCUT2D eigenvalue weighted by molar-refractivity contribution is -0.330. The number of hydrogen-bond acceptors (Lipinski definition) is 2. The fraction of sp³-hybridized carbons (Fsp3) is 0.161. The van der Waals surface area contributed by atoms with E-state index in [0.29, 0.717) is 12.2 Å². The molecule has 3 heterocycles. The molecule has 0 fully saturated rings. The lowest BCUT2D eigenvalue weighted by Gasteiger charge is -2.39. The zero-order valence-electron chi connectivity index (χ0n) is 39.1. The van der Waals surface area contributed by atoms with Gasteiger partial charge in [0, 0.05) is 34.9 Å². The van der Waals surface area contributed by atoms with Crippen molar-refractivity contribution >= 4 is 88.3 Å². The highest BCUT2D eigenvalue weighted by Gasteiger charge is 2.52. The predicted octanol–water partition coefficient (Wildman–Crippen LogP) is 14.1. The lowest BCUT2D eigenvalue weighted by atomic mass is 9.44. The number of esters is 1. The average Bonchev–Trinajstić information content (AvgIpc) is 3.77. The summed E-state index contributed by atoms with van der Waals surface area (Å²) in [7, 11) is 0. The molecule has 2 aliphatic rings. The highest BCUT2D eigenvalue weighted by molar-refractivity contribution is 6.87. The summed E-state index contributed by atoms with van der Waals surface area (Å²) in [5.41, 5.74) is 14.3. The van der Waals surface area contributed by atoms with Gasteiger partial charge in [-0.2, -0.15) is 11.6 Å². The van der Waals surface area contributed by atoms with Gasteiger partial charge in [-0.05, 0) is 152 Å². The van der Waals surface area contributed by atoms with E-state index in [1.807, 2.05) is 19.1 Å². The third-order valence-electron chi connectivity index (χ3n) is 15.2. The first kappa shape index (κ1) is 40.6. The van der Waals surface area contributed by atoms with Gasteiger partial charge in [0.15, 0.2) is 5.70 Å². The molecule has 10 aromatic rings. The highest BCUT2D eigenvalue weighted by Crippen LogP contribution is 2.47. The van der Waals surface area contributed by atoms with Crippen LogP contribution in [-0.4, -0.2) is 33.7 Å². The minimum atomic E-state index is -2.25. The third-order valence-corrected chi connectivity index (χ3v) is 15.2. The minimum absolute atomic E-state index is 0.318. The van der Waals surface area contributed by atoms with Gasteiger partial charge in [0.05, 0.1) is 17.7 Å². The normalized spacial score (nSPS) is 14.4. The van der Waals surface area contributed by atoms with Crippen molar-refractivity contribution in [1.82, 2.24) is 4.48 Å². The molecule has 0 saturated carbocycles. The van der Waals surface area contributed by atoms with E-state index in [0.717, 1.165) is 57.3 Å². The first-order chi connectivity index (χ1) is 32.7.